The van der Waals surface area contributed by atoms with Gasteiger partial charge in [-0.05, 0) is 56.1 Å². The summed E-state index contributed by atoms with van der Waals surface area (Å²) in [7, 11) is 0. The Bertz CT molecular complexity index is 485. The molecule has 2 aliphatic carbocycles. The molecule has 2 bridgehead atoms. The smallest absolute Gasteiger partial charge is 0.253 e. The zero-order valence-electron chi connectivity index (χ0n) is 11.4. The number of rotatable bonds is 3. The molecular weight excluding hydrogens is 236 g/mol. The van der Waals surface area contributed by atoms with Crippen LogP contribution in [-0.4, -0.2) is 11.9 Å². The van der Waals surface area contributed by atoms with E-state index in [0.29, 0.717) is 17.2 Å². The van der Waals surface area contributed by atoms with Crippen molar-refractivity contribution in [1.82, 2.24) is 5.32 Å². The van der Waals surface area contributed by atoms with Crippen molar-refractivity contribution in [2.24, 2.45) is 17.8 Å². The summed E-state index contributed by atoms with van der Waals surface area (Å²) >= 11 is 0. The molecule has 3 nitrogen and oxygen atoms in total. The summed E-state index contributed by atoms with van der Waals surface area (Å²) < 4.78 is 0. The molecule has 0 saturated heterocycles. The summed E-state index contributed by atoms with van der Waals surface area (Å²) in [6.07, 6.45) is 5.41. The predicted molar refractivity (Wildman–Crippen MR) is 76.7 cm³/mol. The number of hydrogen-bond donors (Lipinski definition) is 2. The molecule has 0 spiro atoms. The van der Waals surface area contributed by atoms with E-state index < -0.39 is 0 Å². The number of nitrogens with one attached hydrogen (secondary N) is 1. The van der Waals surface area contributed by atoms with Crippen LogP contribution in [0, 0.1) is 17.8 Å². The van der Waals surface area contributed by atoms with Gasteiger partial charge in [0.2, 0.25) is 0 Å². The van der Waals surface area contributed by atoms with Gasteiger partial charge in [0.25, 0.3) is 5.91 Å². The Morgan fingerprint density at radius 2 is 2.11 bits per heavy atom. The topological polar surface area (TPSA) is 55.1 Å². The Balaban J connectivity index is 1.65. The number of anilines is 1. The second-order valence-electron chi connectivity index (χ2n) is 6.19. The summed E-state index contributed by atoms with van der Waals surface area (Å²) in [6, 6.07) is 7.52. The number of carbonyl (C=O) groups is 1. The molecule has 0 unspecified atom stereocenters. The fraction of sp³-hybridized carbons (Fsp3) is 0.562. The van der Waals surface area contributed by atoms with E-state index in [1.165, 1.54) is 25.7 Å². The van der Waals surface area contributed by atoms with Crippen molar-refractivity contribution in [3.05, 3.63) is 29.8 Å². The van der Waals surface area contributed by atoms with Crippen LogP contribution < -0.4 is 11.1 Å². The SMILES string of the molecule is C[C@H](NC(=O)c1ccccc1N)[C@H]1C[C@@H]2CC[C@@H]1C2. The number of hydrogen-bond acceptors (Lipinski definition) is 2. The van der Waals surface area contributed by atoms with Crippen molar-refractivity contribution >= 4 is 11.6 Å². The second-order valence-corrected chi connectivity index (χ2v) is 6.19. The van der Waals surface area contributed by atoms with Crippen LogP contribution in [0.1, 0.15) is 43.0 Å². The van der Waals surface area contributed by atoms with Gasteiger partial charge in [0.1, 0.15) is 0 Å². The Morgan fingerprint density at radius 3 is 2.74 bits per heavy atom. The number of nitrogens with two attached hydrogens (primary N) is 1. The van der Waals surface area contributed by atoms with E-state index in [9.17, 15) is 4.79 Å². The Hall–Kier alpha value is -1.51. The number of amides is 1. The lowest BCUT2D eigenvalue weighted by molar-refractivity contribution is 0.0916. The van der Waals surface area contributed by atoms with Crippen molar-refractivity contribution in [2.45, 2.75) is 38.6 Å². The van der Waals surface area contributed by atoms with E-state index in [-0.39, 0.29) is 11.9 Å². The highest BCUT2D eigenvalue weighted by Crippen LogP contribution is 2.49. The molecular formula is C16H22N2O. The predicted octanol–water partition coefficient (Wildman–Crippen LogP) is 2.82. The minimum atomic E-state index is -0.0339. The van der Waals surface area contributed by atoms with Crippen LogP contribution >= 0.6 is 0 Å². The molecule has 3 N–H and O–H groups in total. The maximum absolute atomic E-state index is 12.2. The van der Waals surface area contributed by atoms with Crippen molar-refractivity contribution in [1.29, 1.82) is 0 Å². The number of nitrogen functional groups attached to an aromatic ring is 1. The number of para-hydroxylation sites is 1. The Labute approximate surface area is 114 Å². The molecule has 2 aliphatic rings. The second kappa shape index (κ2) is 4.87. The highest BCUT2D eigenvalue weighted by Gasteiger charge is 2.42. The third-order valence-electron chi connectivity index (χ3n) is 5.00. The van der Waals surface area contributed by atoms with Gasteiger partial charge in [-0.1, -0.05) is 18.6 Å². The van der Waals surface area contributed by atoms with Gasteiger partial charge in [0.15, 0.2) is 0 Å². The first kappa shape index (κ1) is 12.5. The van der Waals surface area contributed by atoms with E-state index in [1.807, 2.05) is 12.1 Å². The molecule has 102 valence electrons. The van der Waals surface area contributed by atoms with Gasteiger partial charge >= 0.3 is 0 Å². The van der Waals surface area contributed by atoms with Crippen LogP contribution in [0.15, 0.2) is 24.3 Å². The molecule has 4 atom stereocenters. The van der Waals surface area contributed by atoms with Gasteiger partial charge in [0, 0.05) is 11.7 Å². The zero-order valence-corrected chi connectivity index (χ0v) is 11.4. The summed E-state index contributed by atoms with van der Waals surface area (Å²) in [5.41, 5.74) is 7.00. The van der Waals surface area contributed by atoms with Crippen LogP contribution in [-0.2, 0) is 0 Å². The van der Waals surface area contributed by atoms with Gasteiger partial charge in [-0.25, -0.2) is 0 Å². The zero-order chi connectivity index (χ0) is 13.4. The number of fused-ring (bicyclic) bond motifs is 2. The maximum atomic E-state index is 12.2. The Kier molecular flexibility index (Phi) is 3.21. The van der Waals surface area contributed by atoms with E-state index >= 15 is 0 Å². The lowest BCUT2D eigenvalue weighted by Gasteiger charge is -2.28. The molecule has 0 aliphatic heterocycles. The normalized spacial score (nSPS) is 30.3. The molecule has 1 aromatic rings. The third-order valence-corrected chi connectivity index (χ3v) is 5.00. The van der Waals surface area contributed by atoms with Crippen LogP contribution in [0.5, 0.6) is 0 Å². The third kappa shape index (κ3) is 2.34. The minimum Gasteiger partial charge on any atom is -0.398 e. The van der Waals surface area contributed by atoms with Gasteiger partial charge in [-0.2, -0.15) is 0 Å². The Morgan fingerprint density at radius 1 is 1.32 bits per heavy atom. The molecule has 3 rings (SSSR count). The van der Waals surface area contributed by atoms with Crippen molar-refractivity contribution in [2.75, 3.05) is 5.73 Å². The molecule has 2 saturated carbocycles. The first-order valence-electron chi connectivity index (χ1n) is 7.30. The minimum absolute atomic E-state index is 0.0339. The lowest BCUT2D eigenvalue weighted by Crippen LogP contribution is -2.40. The van der Waals surface area contributed by atoms with Crippen molar-refractivity contribution in [3.63, 3.8) is 0 Å². The highest BCUT2D eigenvalue weighted by molar-refractivity contribution is 5.99. The largest absolute Gasteiger partial charge is 0.398 e. The number of carbonyl (C=O) groups excluding carboxylic acids is 1. The average molecular weight is 258 g/mol. The molecule has 0 aromatic heterocycles. The summed E-state index contributed by atoms with van der Waals surface area (Å²) in [4.78, 5) is 12.2. The molecule has 3 heteroatoms. The first-order valence-corrected chi connectivity index (χ1v) is 7.30. The molecule has 19 heavy (non-hydrogen) atoms. The fourth-order valence-corrected chi connectivity index (χ4v) is 4.00. The standard InChI is InChI=1S/C16H22N2O/c1-10(14-9-11-6-7-12(14)8-11)18-16(19)13-4-2-3-5-15(13)17/h2-5,10-12,14H,6-9,17H2,1H3,(H,18,19)/t10-,11+,12+,14+/m0/s1. The van der Waals surface area contributed by atoms with Crippen LogP contribution in [0.3, 0.4) is 0 Å². The summed E-state index contributed by atoms with van der Waals surface area (Å²) in [6.45, 7) is 2.14. The highest BCUT2D eigenvalue weighted by atomic mass is 16.1. The molecule has 1 aromatic carbocycles. The summed E-state index contributed by atoms with van der Waals surface area (Å²) in [5.74, 6) is 2.37. The van der Waals surface area contributed by atoms with Gasteiger partial charge in [0.05, 0.1) is 5.56 Å². The molecule has 0 heterocycles. The quantitative estimate of drug-likeness (QED) is 0.819. The van der Waals surface area contributed by atoms with Crippen molar-refractivity contribution < 1.29 is 4.79 Å². The van der Waals surface area contributed by atoms with Crippen LogP contribution in [0.25, 0.3) is 0 Å². The van der Waals surface area contributed by atoms with E-state index in [1.54, 1.807) is 12.1 Å². The van der Waals surface area contributed by atoms with Crippen LogP contribution in [0.2, 0.25) is 0 Å². The first-order chi connectivity index (χ1) is 9.15. The molecule has 1 amide bonds. The monoisotopic (exact) mass is 258 g/mol. The van der Waals surface area contributed by atoms with E-state index in [2.05, 4.69) is 12.2 Å². The average Bonchev–Trinajstić information content (AvgIpc) is 3.01. The van der Waals surface area contributed by atoms with Gasteiger partial charge in [-0.3, -0.25) is 4.79 Å². The number of benzene rings is 1. The van der Waals surface area contributed by atoms with E-state index in [4.69, 9.17) is 5.73 Å². The van der Waals surface area contributed by atoms with Crippen molar-refractivity contribution in [3.8, 4) is 0 Å². The van der Waals surface area contributed by atoms with Gasteiger partial charge < -0.3 is 11.1 Å². The molecule has 0 radical (unpaired) electrons. The fourth-order valence-electron chi connectivity index (χ4n) is 4.00. The molecule has 2 fully saturated rings. The maximum Gasteiger partial charge on any atom is 0.253 e. The van der Waals surface area contributed by atoms with Crippen LogP contribution in [0.4, 0.5) is 5.69 Å². The summed E-state index contributed by atoms with van der Waals surface area (Å²) in [5, 5.41) is 3.14. The van der Waals surface area contributed by atoms with Gasteiger partial charge in [-0.15, -0.1) is 0 Å². The van der Waals surface area contributed by atoms with E-state index in [0.717, 1.165) is 11.8 Å². The lowest BCUT2D eigenvalue weighted by atomic mass is 9.84.